The Balaban J connectivity index is 1.36. The summed E-state index contributed by atoms with van der Waals surface area (Å²) in [5.74, 6) is 0.164. The number of amides is 1. The van der Waals surface area contributed by atoms with Crippen LogP contribution in [0.3, 0.4) is 0 Å². The van der Waals surface area contributed by atoms with Crippen LogP contribution in [0.5, 0.6) is 0 Å². The molecule has 2 fully saturated rings. The molecule has 2 N–H and O–H groups in total. The van der Waals surface area contributed by atoms with E-state index in [1.807, 2.05) is 0 Å². The minimum atomic E-state index is 0.164. The van der Waals surface area contributed by atoms with E-state index in [0.717, 1.165) is 32.2 Å². The number of piperidine rings is 1. The first-order valence-electron chi connectivity index (χ1n) is 9.10. The Morgan fingerprint density at radius 3 is 2.57 bits per heavy atom. The molecule has 1 aliphatic carbocycles. The van der Waals surface area contributed by atoms with E-state index in [0.29, 0.717) is 13.0 Å². The first kappa shape index (κ1) is 16.5. The molecule has 0 unspecified atom stereocenters. The quantitative estimate of drug-likeness (QED) is 0.774. The fourth-order valence-corrected chi connectivity index (χ4v) is 3.13. The van der Waals surface area contributed by atoms with Crippen LogP contribution >= 0.6 is 0 Å². The molecule has 3 rings (SSSR count). The second kappa shape index (κ2) is 8.46. The topological polar surface area (TPSA) is 44.4 Å². The molecular weight excluding hydrogens is 286 g/mol. The lowest BCUT2D eigenvalue weighted by molar-refractivity contribution is -0.121. The van der Waals surface area contributed by atoms with Crippen LogP contribution in [-0.2, 0) is 17.9 Å². The molecule has 0 atom stereocenters. The van der Waals surface area contributed by atoms with Crippen LogP contribution in [0.4, 0.5) is 0 Å². The van der Waals surface area contributed by atoms with Crippen LogP contribution in [0.1, 0.15) is 49.7 Å². The van der Waals surface area contributed by atoms with Gasteiger partial charge >= 0.3 is 0 Å². The van der Waals surface area contributed by atoms with Crippen molar-refractivity contribution in [2.75, 3.05) is 19.6 Å². The summed E-state index contributed by atoms with van der Waals surface area (Å²) in [4.78, 5) is 14.4. The van der Waals surface area contributed by atoms with E-state index in [9.17, 15) is 4.79 Å². The van der Waals surface area contributed by atoms with E-state index in [2.05, 4.69) is 39.8 Å². The highest BCUT2D eigenvalue weighted by atomic mass is 16.1. The van der Waals surface area contributed by atoms with Gasteiger partial charge in [-0.2, -0.15) is 0 Å². The first-order valence-corrected chi connectivity index (χ1v) is 9.10. The van der Waals surface area contributed by atoms with Gasteiger partial charge in [-0.05, 0) is 49.9 Å². The summed E-state index contributed by atoms with van der Waals surface area (Å²) >= 11 is 0. The number of hydrogen-bond donors (Lipinski definition) is 2. The third-order valence-electron chi connectivity index (χ3n) is 4.76. The van der Waals surface area contributed by atoms with Gasteiger partial charge in [0.15, 0.2) is 0 Å². The number of nitrogens with zero attached hydrogens (tertiary/aromatic N) is 1. The largest absolute Gasteiger partial charge is 0.352 e. The predicted octanol–water partition coefficient (Wildman–Crippen LogP) is 2.43. The highest BCUT2D eigenvalue weighted by Crippen LogP contribution is 2.19. The minimum absolute atomic E-state index is 0.164. The van der Waals surface area contributed by atoms with Crippen molar-refractivity contribution in [3.05, 3.63) is 35.4 Å². The second-order valence-corrected chi connectivity index (χ2v) is 6.90. The lowest BCUT2D eigenvalue weighted by atomic mass is 10.1. The summed E-state index contributed by atoms with van der Waals surface area (Å²) < 4.78 is 0. The standard InChI is InChI=1S/C19H29N3O/c23-19(9-12-22-10-2-1-3-11-22)21-15-17-6-4-5-16(13-17)14-20-18-7-8-18/h4-6,13,18,20H,1-3,7-12,14-15H2,(H,21,23). The molecule has 1 aromatic rings. The van der Waals surface area contributed by atoms with Crippen molar-refractivity contribution in [1.82, 2.24) is 15.5 Å². The highest BCUT2D eigenvalue weighted by Gasteiger charge is 2.19. The van der Waals surface area contributed by atoms with Gasteiger partial charge in [0.1, 0.15) is 0 Å². The Bertz CT molecular complexity index is 507. The van der Waals surface area contributed by atoms with Crippen molar-refractivity contribution in [2.45, 2.75) is 57.7 Å². The number of carbonyl (C=O) groups excluding carboxylic acids is 1. The smallest absolute Gasteiger partial charge is 0.221 e. The van der Waals surface area contributed by atoms with Crippen molar-refractivity contribution in [3.8, 4) is 0 Å². The molecule has 1 aromatic carbocycles. The first-order chi connectivity index (χ1) is 11.3. The minimum Gasteiger partial charge on any atom is -0.352 e. The van der Waals surface area contributed by atoms with Gasteiger partial charge in [0.05, 0.1) is 0 Å². The molecule has 0 spiro atoms. The average Bonchev–Trinajstić information content (AvgIpc) is 3.42. The highest BCUT2D eigenvalue weighted by molar-refractivity contribution is 5.76. The zero-order valence-corrected chi connectivity index (χ0v) is 14.0. The van der Waals surface area contributed by atoms with Gasteiger partial charge < -0.3 is 15.5 Å². The molecule has 0 bridgehead atoms. The van der Waals surface area contributed by atoms with Crippen molar-refractivity contribution >= 4 is 5.91 Å². The summed E-state index contributed by atoms with van der Waals surface area (Å²) in [5, 5.41) is 6.59. The summed E-state index contributed by atoms with van der Waals surface area (Å²) in [6.07, 6.45) is 7.14. The Morgan fingerprint density at radius 1 is 1.09 bits per heavy atom. The van der Waals surface area contributed by atoms with Crippen LogP contribution in [-0.4, -0.2) is 36.5 Å². The van der Waals surface area contributed by atoms with E-state index in [-0.39, 0.29) is 5.91 Å². The van der Waals surface area contributed by atoms with Gasteiger partial charge in [0.2, 0.25) is 5.91 Å². The van der Waals surface area contributed by atoms with Crippen LogP contribution in [0.15, 0.2) is 24.3 Å². The number of benzene rings is 1. The predicted molar refractivity (Wildman–Crippen MR) is 93.1 cm³/mol. The second-order valence-electron chi connectivity index (χ2n) is 6.90. The molecule has 1 saturated heterocycles. The van der Waals surface area contributed by atoms with E-state index in [1.54, 1.807) is 0 Å². The SMILES string of the molecule is O=C(CCN1CCCCC1)NCc1cccc(CNC2CC2)c1. The maximum absolute atomic E-state index is 12.0. The number of carbonyl (C=O) groups is 1. The van der Waals surface area contributed by atoms with E-state index in [4.69, 9.17) is 0 Å². The Morgan fingerprint density at radius 2 is 1.83 bits per heavy atom. The summed E-state index contributed by atoms with van der Waals surface area (Å²) in [7, 11) is 0. The van der Waals surface area contributed by atoms with Gasteiger partial charge in [-0.25, -0.2) is 0 Å². The van der Waals surface area contributed by atoms with Crippen molar-refractivity contribution in [2.24, 2.45) is 0 Å². The maximum atomic E-state index is 12.0. The lowest BCUT2D eigenvalue weighted by Gasteiger charge is -2.25. The monoisotopic (exact) mass is 315 g/mol. The normalized spacial score (nSPS) is 18.8. The molecule has 1 amide bonds. The zero-order chi connectivity index (χ0) is 15.9. The van der Waals surface area contributed by atoms with E-state index < -0.39 is 0 Å². The molecule has 1 saturated carbocycles. The molecule has 2 aliphatic rings. The van der Waals surface area contributed by atoms with Crippen molar-refractivity contribution < 1.29 is 4.79 Å². The van der Waals surface area contributed by atoms with Crippen LogP contribution in [0, 0.1) is 0 Å². The van der Waals surface area contributed by atoms with E-state index in [1.165, 1.54) is 43.2 Å². The summed E-state index contributed by atoms with van der Waals surface area (Å²) in [6, 6.07) is 9.25. The molecule has 0 radical (unpaired) electrons. The molecule has 1 aliphatic heterocycles. The summed E-state index contributed by atoms with van der Waals surface area (Å²) in [5.41, 5.74) is 2.49. The van der Waals surface area contributed by atoms with Gasteiger partial charge in [-0.15, -0.1) is 0 Å². The Kier molecular flexibility index (Phi) is 6.06. The third kappa shape index (κ3) is 5.96. The third-order valence-corrected chi connectivity index (χ3v) is 4.76. The average molecular weight is 315 g/mol. The molecule has 23 heavy (non-hydrogen) atoms. The fraction of sp³-hybridized carbons (Fsp3) is 0.632. The van der Waals surface area contributed by atoms with Crippen LogP contribution in [0.2, 0.25) is 0 Å². The summed E-state index contributed by atoms with van der Waals surface area (Å²) in [6.45, 7) is 4.78. The zero-order valence-electron chi connectivity index (χ0n) is 14.0. The van der Waals surface area contributed by atoms with Gasteiger partial charge in [-0.1, -0.05) is 30.7 Å². The van der Waals surface area contributed by atoms with Gasteiger partial charge in [-0.3, -0.25) is 4.79 Å². The van der Waals surface area contributed by atoms with Gasteiger partial charge in [0, 0.05) is 32.1 Å². The molecule has 1 heterocycles. The number of nitrogens with one attached hydrogen (secondary N) is 2. The van der Waals surface area contributed by atoms with Crippen LogP contribution in [0.25, 0.3) is 0 Å². The number of rotatable bonds is 8. The van der Waals surface area contributed by atoms with Crippen molar-refractivity contribution in [3.63, 3.8) is 0 Å². The molecule has 0 aromatic heterocycles. The number of hydrogen-bond acceptors (Lipinski definition) is 3. The molecule has 4 heteroatoms. The lowest BCUT2D eigenvalue weighted by Crippen LogP contribution is -2.34. The van der Waals surface area contributed by atoms with Crippen LogP contribution < -0.4 is 10.6 Å². The Hall–Kier alpha value is -1.39. The van der Waals surface area contributed by atoms with E-state index >= 15 is 0 Å². The molecule has 4 nitrogen and oxygen atoms in total. The molecular formula is C19H29N3O. The fourth-order valence-electron chi connectivity index (χ4n) is 3.13. The number of likely N-dealkylation sites (tertiary alicyclic amines) is 1. The Labute approximate surface area is 139 Å². The van der Waals surface area contributed by atoms with Crippen molar-refractivity contribution in [1.29, 1.82) is 0 Å². The maximum Gasteiger partial charge on any atom is 0.221 e. The van der Waals surface area contributed by atoms with Gasteiger partial charge in [0.25, 0.3) is 0 Å². The molecule has 126 valence electrons.